The van der Waals surface area contributed by atoms with Crippen molar-refractivity contribution < 1.29 is 24.3 Å². The summed E-state index contributed by atoms with van der Waals surface area (Å²) in [6.45, 7) is 7.18. The molecule has 2 unspecified atom stereocenters. The fraction of sp³-hybridized carbons (Fsp3) is 0.846. The molecule has 0 bridgehead atoms. The average molecular weight is 273 g/mol. The number of carbonyl (C=O) groups is 2. The standard InChI is InChI=1S/C13H23NO5/c1-9-6-5-7-13(9,8-10(15)16)19-14-11(17)18-12(2,3)4/h9H,5-8H2,1-4H3,(H,14,17)(H,15,16). The van der Waals surface area contributed by atoms with E-state index in [0.29, 0.717) is 6.42 Å². The zero-order chi connectivity index (χ0) is 14.7. The number of carbonyl (C=O) groups excluding carboxylic acids is 1. The molecule has 110 valence electrons. The molecule has 2 N–H and O–H groups in total. The Labute approximate surface area is 113 Å². The smallest absolute Gasteiger partial charge is 0.431 e. The van der Waals surface area contributed by atoms with Crippen LogP contribution >= 0.6 is 0 Å². The second-order valence-corrected chi connectivity index (χ2v) is 6.13. The van der Waals surface area contributed by atoms with E-state index in [9.17, 15) is 9.59 Å². The highest BCUT2D eigenvalue weighted by Crippen LogP contribution is 2.40. The predicted molar refractivity (Wildman–Crippen MR) is 68.5 cm³/mol. The quantitative estimate of drug-likeness (QED) is 0.769. The molecule has 0 saturated heterocycles. The average Bonchev–Trinajstić information content (AvgIpc) is 2.54. The van der Waals surface area contributed by atoms with Gasteiger partial charge >= 0.3 is 12.1 Å². The second kappa shape index (κ2) is 5.77. The van der Waals surface area contributed by atoms with E-state index in [0.717, 1.165) is 12.8 Å². The molecule has 0 spiro atoms. The van der Waals surface area contributed by atoms with Crippen LogP contribution in [-0.2, 0) is 14.4 Å². The van der Waals surface area contributed by atoms with Crippen LogP contribution in [0.2, 0.25) is 0 Å². The molecule has 6 nitrogen and oxygen atoms in total. The van der Waals surface area contributed by atoms with Crippen molar-refractivity contribution in [1.29, 1.82) is 0 Å². The largest absolute Gasteiger partial charge is 0.481 e. The summed E-state index contributed by atoms with van der Waals surface area (Å²) in [5.74, 6) is -0.849. The van der Waals surface area contributed by atoms with E-state index in [-0.39, 0.29) is 12.3 Å². The lowest BCUT2D eigenvalue weighted by atomic mass is 9.89. The van der Waals surface area contributed by atoms with Crippen molar-refractivity contribution in [3.8, 4) is 0 Å². The van der Waals surface area contributed by atoms with Gasteiger partial charge in [0.25, 0.3) is 0 Å². The molecule has 1 rings (SSSR count). The van der Waals surface area contributed by atoms with E-state index in [1.807, 2.05) is 6.92 Å². The van der Waals surface area contributed by atoms with E-state index >= 15 is 0 Å². The number of carboxylic acid groups (broad SMARTS) is 1. The third-order valence-corrected chi connectivity index (χ3v) is 3.32. The van der Waals surface area contributed by atoms with Gasteiger partial charge in [-0.25, -0.2) is 4.79 Å². The molecule has 2 atom stereocenters. The number of carboxylic acids is 1. The lowest BCUT2D eigenvalue weighted by Gasteiger charge is -2.32. The van der Waals surface area contributed by atoms with Gasteiger partial charge in [-0.2, -0.15) is 5.48 Å². The second-order valence-electron chi connectivity index (χ2n) is 6.13. The highest BCUT2D eigenvalue weighted by molar-refractivity contribution is 5.69. The van der Waals surface area contributed by atoms with Gasteiger partial charge in [0.2, 0.25) is 0 Å². The molecule has 1 aliphatic rings. The van der Waals surface area contributed by atoms with Crippen LogP contribution in [0.1, 0.15) is 53.4 Å². The third kappa shape index (κ3) is 4.70. The van der Waals surface area contributed by atoms with E-state index < -0.39 is 23.3 Å². The van der Waals surface area contributed by atoms with Crippen molar-refractivity contribution in [1.82, 2.24) is 5.48 Å². The van der Waals surface area contributed by atoms with Crippen molar-refractivity contribution >= 4 is 12.1 Å². The van der Waals surface area contributed by atoms with Crippen molar-refractivity contribution in [3.05, 3.63) is 0 Å². The Morgan fingerprint density at radius 1 is 1.42 bits per heavy atom. The van der Waals surface area contributed by atoms with Crippen molar-refractivity contribution in [2.24, 2.45) is 5.92 Å². The number of aliphatic carboxylic acids is 1. The van der Waals surface area contributed by atoms with Gasteiger partial charge in [-0.3, -0.25) is 9.63 Å². The molecule has 0 heterocycles. The van der Waals surface area contributed by atoms with Gasteiger partial charge in [0.15, 0.2) is 0 Å². The number of rotatable bonds is 4. The number of hydrogen-bond donors (Lipinski definition) is 2. The summed E-state index contributed by atoms with van der Waals surface area (Å²) in [7, 11) is 0. The van der Waals surface area contributed by atoms with Gasteiger partial charge < -0.3 is 9.84 Å². The van der Waals surface area contributed by atoms with Crippen LogP contribution < -0.4 is 5.48 Å². The van der Waals surface area contributed by atoms with Crippen LogP contribution in [0.3, 0.4) is 0 Å². The maximum absolute atomic E-state index is 11.5. The minimum Gasteiger partial charge on any atom is -0.481 e. The molecule has 1 aliphatic carbocycles. The molecular formula is C13H23NO5. The summed E-state index contributed by atoms with van der Waals surface area (Å²) in [5, 5.41) is 8.98. The summed E-state index contributed by atoms with van der Waals surface area (Å²) in [4.78, 5) is 27.9. The van der Waals surface area contributed by atoms with Gasteiger partial charge in [0.05, 0.1) is 6.42 Å². The molecule has 1 amide bonds. The van der Waals surface area contributed by atoms with E-state index in [1.165, 1.54) is 0 Å². The first-order valence-electron chi connectivity index (χ1n) is 6.53. The van der Waals surface area contributed by atoms with Gasteiger partial charge in [-0.15, -0.1) is 0 Å². The maximum Gasteiger partial charge on any atom is 0.431 e. The highest BCUT2D eigenvalue weighted by Gasteiger charge is 2.44. The fourth-order valence-electron chi connectivity index (χ4n) is 2.37. The Morgan fingerprint density at radius 3 is 2.47 bits per heavy atom. The molecule has 0 aromatic heterocycles. The SMILES string of the molecule is CC1CCCC1(CC(=O)O)ONC(=O)OC(C)(C)C. The number of ether oxygens (including phenoxy) is 1. The van der Waals surface area contributed by atoms with Gasteiger partial charge in [0.1, 0.15) is 11.2 Å². The molecule has 0 aromatic carbocycles. The van der Waals surface area contributed by atoms with Crippen molar-refractivity contribution in [3.63, 3.8) is 0 Å². The fourth-order valence-corrected chi connectivity index (χ4v) is 2.37. The molecule has 0 aliphatic heterocycles. The van der Waals surface area contributed by atoms with Crippen LogP contribution in [0.25, 0.3) is 0 Å². The summed E-state index contributed by atoms with van der Waals surface area (Å²) in [5.41, 5.74) is 0.786. The Kier molecular flexibility index (Phi) is 4.79. The van der Waals surface area contributed by atoms with Crippen molar-refractivity contribution in [2.45, 2.75) is 64.6 Å². The van der Waals surface area contributed by atoms with E-state index in [2.05, 4.69) is 5.48 Å². The first kappa shape index (κ1) is 15.8. The number of hydroxylamine groups is 1. The Bertz CT molecular complexity index is 349. The molecule has 19 heavy (non-hydrogen) atoms. The number of nitrogens with one attached hydrogen (secondary N) is 1. The Morgan fingerprint density at radius 2 is 2.05 bits per heavy atom. The van der Waals surface area contributed by atoms with E-state index in [1.54, 1.807) is 20.8 Å². The summed E-state index contributed by atoms with van der Waals surface area (Å²) >= 11 is 0. The third-order valence-electron chi connectivity index (χ3n) is 3.32. The van der Waals surface area contributed by atoms with Gasteiger partial charge in [-0.05, 0) is 39.5 Å². The zero-order valence-corrected chi connectivity index (χ0v) is 12.0. The summed E-state index contributed by atoms with van der Waals surface area (Å²) in [6, 6.07) is 0. The number of amides is 1. The van der Waals surface area contributed by atoms with Crippen molar-refractivity contribution in [2.75, 3.05) is 0 Å². The zero-order valence-electron chi connectivity index (χ0n) is 12.0. The molecule has 0 radical (unpaired) electrons. The monoisotopic (exact) mass is 273 g/mol. The lowest BCUT2D eigenvalue weighted by molar-refractivity contribution is -0.158. The van der Waals surface area contributed by atoms with Crippen LogP contribution in [0.5, 0.6) is 0 Å². The topological polar surface area (TPSA) is 84.9 Å². The first-order valence-corrected chi connectivity index (χ1v) is 6.53. The predicted octanol–water partition coefficient (Wildman–Crippen LogP) is 2.48. The van der Waals surface area contributed by atoms with Crippen LogP contribution in [-0.4, -0.2) is 28.4 Å². The molecular weight excluding hydrogens is 250 g/mol. The van der Waals surface area contributed by atoms with Crippen LogP contribution in [0.4, 0.5) is 4.79 Å². The normalized spacial score (nSPS) is 27.1. The molecule has 1 fully saturated rings. The summed E-state index contributed by atoms with van der Waals surface area (Å²) < 4.78 is 5.06. The van der Waals surface area contributed by atoms with Crippen LogP contribution in [0.15, 0.2) is 0 Å². The number of hydrogen-bond acceptors (Lipinski definition) is 4. The minimum absolute atomic E-state index is 0.0820. The van der Waals surface area contributed by atoms with Gasteiger partial charge in [-0.1, -0.05) is 13.3 Å². The maximum atomic E-state index is 11.5. The van der Waals surface area contributed by atoms with E-state index in [4.69, 9.17) is 14.7 Å². The Hall–Kier alpha value is -1.30. The molecule has 6 heteroatoms. The first-order chi connectivity index (χ1) is 8.65. The molecule has 0 aromatic rings. The Balaban J connectivity index is 2.60. The summed E-state index contributed by atoms with van der Waals surface area (Å²) in [6.07, 6.45) is 1.59. The highest BCUT2D eigenvalue weighted by atomic mass is 16.7. The molecule has 1 saturated carbocycles. The minimum atomic E-state index is -0.931. The lowest BCUT2D eigenvalue weighted by Crippen LogP contribution is -2.45. The van der Waals surface area contributed by atoms with Gasteiger partial charge in [0, 0.05) is 0 Å². The van der Waals surface area contributed by atoms with Crippen LogP contribution in [0, 0.1) is 5.92 Å².